The first-order chi connectivity index (χ1) is 9.14. The molecule has 0 saturated carbocycles. The third kappa shape index (κ3) is 8.44. The molecule has 0 rings (SSSR count). The zero-order valence-electron chi connectivity index (χ0n) is 15.5. The van der Waals surface area contributed by atoms with Crippen LogP contribution in [0.15, 0.2) is 0 Å². The lowest BCUT2D eigenvalue weighted by Gasteiger charge is -2.42. The van der Waals surface area contributed by atoms with E-state index in [9.17, 15) is 0 Å². The van der Waals surface area contributed by atoms with Crippen molar-refractivity contribution < 1.29 is 12.3 Å². The van der Waals surface area contributed by atoms with E-state index in [4.69, 9.17) is 18.9 Å². The predicted octanol–water partition coefficient (Wildman–Crippen LogP) is 4.72. The fraction of sp³-hybridized carbons (Fsp3) is 0.923. The van der Waals surface area contributed by atoms with E-state index >= 15 is 0 Å². The summed E-state index contributed by atoms with van der Waals surface area (Å²) in [5, 5.41) is 0. The first-order valence-electron chi connectivity index (χ1n) is 7.61. The fourth-order valence-corrected chi connectivity index (χ4v) is 16.1. The standard InChI is InChI=1S/C13H33NO3Si4/c1-12-13(14-2)21(15-18(3,4)5,16-19(6,7)8)17-20(9,10)11/h13H,12H2,1,3-11H3. The molecule has 0 fully saturated rings. The van der Waals surface area contributed by atoms with E-state index in [2.05, 4.69) is 63.8 Å². The van der Waals surface area contributed by atoms with Gasteiger partial charge in [0.25, 0.3) is 5.67 Å². The molecular weight excluding hydrogens is 330 g/mol. The highest BCUT2D eigenvalue weighted by Gasteiger charge is 2.60. The summed E-state index contributed by atoms with van der Waals surface area (Å²) in [4.78, 5) is 3.83. The van der Waals surface area contributed by atoms with Gasteiger partial charge in [-0.3, -0.25) is 0 Å². The van der Waals surface area contributed by atoms with Gasteiger partial charge < -0.3 is 17.2 Å². The third-order valence-electron chi connectivity index (χ3n) is 2.30. The minimum absolute atomic E-state index is 0.289. The molecule has 1 atom stereocenters. The second kappa shape index (κ2) is 7.21. The molecule has 0 radical (unpaired) electrons. The van der Waals surface area contributed by atoms with Crippen molar-refractivity contribution in [2.75, 3.05) is 0 Å². The van der Waals surface area contributed by atoms with Crippen molar-refractivity contribution in [1.82, 2.24) is 0 Å². The van der Waals surface area contributed by atoms with Gasteiger partial charge in [0.15, 0.2) is 25.0 Å². The fourth-order valence-electron chi connectivity index (χ4n) is 1.97. The van der Waals surface area contributed by atoms with Gasteiger partial charge in [-0.25, -0.2) is 6.57 Å². The van der Waals surface area contributed by atoms with Crippen molar-refractivity contribution in [3.05, 3.63) is 11.4 Å². The summed E-state index contributed by atoms with van der Waals surface area (Å²) in [6.45, 7) is 28.9. The van der Waals surface area contributed by atoms with Gasteiger partial charge >= 0.3 is 8.80 Å². The van der Waals surface area contributed by atoms with Gasteiger partial charge in [-0.15, -0.1) is 0 Å². The summed E-state index contributed by atoms with van der Waals surface area (Å²) in [5.41, 5.74) is -0.289. The van der Waals surface area contributed by atoms with Gasteiger partial charge in [0, 0.05) is 6.42 Å². The molecule has 4 nitrogen and oxygen atoms in total. The maximum absolute atomic E-state index is 7.61. The molecular formula is C13H33NO3Si4. The van der Waals surface area contributed by atoms with Gasteiger partial charge in [-0.2, -0.15) is 0 Å². The van der Waals surface area contributed by atoms with Gasteiger partial charge in [-0.1, -0.05) is 6.92 Å². The Labute approximate surface area is 135 Å². The number of hydrogen-bond acceptors (Lipinski definition) is 3. The highest BCUT2D eigenvalue weighted by Crippen LogP contribution is 2.31. The van der Waals surface area contributed by atoms with Crippen molar-refractivity contribution in [3.63, 3.8) is 0 Å². The third-order valence-corrected chi connectivity index (χ3v) is 14.4. The molecule has 0 aliphatic heterocycles. The summed E-state index contributed by atoms with van der Waals surface area (Å²) in [7, 11) is -8.62. The van der Waals surface area contributed by atoms with E-state index in [1.165, 1.54) is 0 Å². The van der Waals surface area contributed by atoms with Crippen LogP contribution in [0, 0.1) is 6.57 Å². The summed E-state index contributed by atoms with van der Waals surface area (Å²) >= 11 is 0. The van der Waals surface area contributed by atoms with Crippen LogP contribution >= 0.6 is 0 Å². The second-order valence-corrected chi connectivity index (χ2v) is 25.3. The minimum atomic E-state index is -3.00. The number of nitrogens with zero attached hydrogens (tertiary/aromatic N) is 1. The Kier molecular flexibility index (Phi) is 7.29. The van der Waals surface area contributed by atoms with Crippen LogP contribution in [0.5, 0.6) is 0 Å². The van der Waals surface area contributed by atoms with E-state index in [1.54, 1.807) is 0 Å². The van der Waals surface area contributed by atoms with E-state index < -0.39 is 33.8 Å². The van der Waals surface area contributed by atoms with Crippen molar-refractivity contribution in [2.45, 2.75) is 77.9 Å². The lowest BCUT2D eigenvalue weighted by atomic mass is 10.5. The quantitative estimate of drug-likeness (QED) is 0.462. The molecule has 0 N–H and O–H groups in total. The molecule has 0 amide bonds. The normalized spacial score (nSPS) is 15.7. The maximum Gasteiger partial charge on any atom is 0.557 e. The Morgan fingerprint density at radius 3 is 1.19 bits per heavy atom. The molecule has 0 heterocycles. The lowest BCUT2D eigenvalue weighted by Crippen LogP contribution is -2.66. The SMILES string of the molecule is [C-]#[N+]C(CC)[Si](O[Si](C)(C)C)(O[Si](C)(C)C)O[Si](C)(C)C. The smallest absolute Gasteiger partial charge is 0.412 e. The van der Waals surface area contributed by atoms with E-state index in [0.29, 0.717) is 0 Å². The summed E-state index contributed by atoms with van der Waals surface area (Å²) < 4.78 is 19.5. The summed E-state index contributed by atoms with van der Waals surface area (Å²) in [6, 6.07) is 0. The molecule has 21 heavy (non-hydrogen) atoms. The molecule has 0 aliphatic carbocycles. The topological polar surface area (TPSA) is 32.0 Å². The van der Waals surface area contributed by atoms with Crippen molar-refractivity contribution in [2.24, 2.45) is 0 Å². The summed E-state index contributed by atoms with van der Waals surface area (Å²) in [5.74, 6) is 0. The summed E-state index contributed by atoms with van der Waals surface area (Å²) in [6.07, 6.45) is 0.717. The Balaban J connectivity index is 5.88. The average Bonchev–Trinajstić information content (AvgIpc) is 2.09. The monoisotopic (exact) mass is 363 g/mol. The zero-order valence-corrected chi connectivity index (χ0v) is 19.5. The highest BCUT2D eigenvalue weighted by molar-refractivity contribution is 6.90. The van der Waals surface area contributed by atoms with E-state index in [1.807, 2.05) is 6.92 Å². The molecule has 0 aliphatic rings. The van der Waals surface area contributed by atoms with Crippen LogP contribution in [0.4, 0.5) is 0 Å². The van der Waals surface area contributed by atoms with Crippen molar-refractivity contribution in [3.8, 4) is 0 Å². The zero-order chi connectivity index (χ0) is 17.1. The van der Waals surface area contributed by atoms with Crippen LogP contribution in [0.3, 0.4) is 0 Å². The highest BCUT2D eigenvalue weighted by atomic mass is 28.5. The maximum atomic E-state index is 7.61. The van der Waals surface area contributed by atoms with Gasteiger partial charge in [0.2, 0.25) is 0 Å². The van der Waals surface area contributed by atoms with Crippen LogP contribution in [-0.4, -0.2) is 39.4 Å². The molecule has 0 saturated heterocycles. The Bertz CT molecular complexity index is 336. The predicted molar refractivity (Wildman–Crippen MR) is 99.7 cm³/mol. The molecule has 0 aromatic rings. The first-order valence-corrected chi connectivity index (χ1v) is 19.6. The molecule has 1 unspecified atom stereocenters. The van der Waals surface area contributed by atoms with Crippen LogP contribution in [0.2, 0.25) is 58.9 Å². The van der Waals surface area contributed by atoms with Crippen LogP contribution < -0.4 is 0 Å². The Hall–Kier alpha value is 0.238. The Morgan fingerprint density at radius 2 is 1.05 bits per heavy atom. The molecule has 0 aromatic carbocycles. The first kappa shape index (κ1) is 21.2. The molecule has 0 bridgehead atoms. The van der Waals surface area contributed by atoms with E-state index in [0.717, 1.165) is 6.42 Å². The van der Waals surface area contributed by atoms with Crippen molar-refractivity contribution in [1.29, 1.82) is 0 Å². The Morgan fingerprint density at radius 1 is 0.762 bits per heavy atom. The average molecular weight is 364 g/mol. The van der Waals surface area contributed by atoms with Crippen LogP contribution in [0.25, 0.3) is 4.85 Å². The van der Waals surface area contributed by atoms with Crippen LogP contribution in [-0.2, 0) is 12.3 Å². The molecule has 0 spiro atoms. The second-order valence-electron chi connectivity index (χ2n) is 8.30. The molecule has 8 heteroatoms. The van der Waals surface area contributed by atoms with Gasteiger partial charge in [-0.05, 0) is 58.9 Å². The lowest BCUT2D eigenvalue weighted by molar-refractivity contribution is 0.242. The number of hydrogen-bond donors (Lipinski definition) is 0. The van der Waals surface area contributed by atoms with E-state index in [-0.39, 0.29) is 5.67 Å². The number of rotatable bonds is 8. The van der Waals surface area contributed by atoms with Crippen molar-refractivity contribution >= 4 is 33.8 Å². The van der Waals surface area contributed by atoms with Crippen LogP contribution in [0.1, 0.15) is 13.3 Å². The molecule has 124 valence electrons. The van der Waals surface area contributed by atoms with Gasteiger partial charge in [0.1, 0.15) is 0 Å². The van der Waals surface area contributed by atoms with Gasteiger partial charge in [0.05, 0.1) is 0 Å². The molecule has 0 aromatic heterocycles. The minimum Gasteiger partial charge on any atom is -0.412 e. The largest absolute Gasteiger partial charge is 0.557 e.